The number of carbonyl (C=O) groups excluding carboxylic acids is 1. The molecule has 75 heavy (non-hydrogen) atoms. The van der Waals surface area contributed by atoms with Gasteiger partial charge < -0.3 is 28.8 Å². The molecule has 0 spiro atoms. The number of hydrogen-bond donors (Lipinski definition) is 2. The van der Waals surface area contributed by atoms with Gasteiger partial charge in [-0.1, -0.05) is 321 Å². The number of rotatable bonds is 63. The van der Waals surface area contributed by atoms with Crippen molar-refractivity contribution in [1.82, 2.24) is 5.32 Å². The van der Waals surface area contributed by atoms with Crippen molar-refractivity contribution in [3.05, 3.63) is 12.2 Å². The van der Waals surface area contributed by atoms with Crippen LogP contribution in [0.5, 0.6) is 0 Å². The van der Waals surface area contributed by atoms with E-state index in [1.54, 1.807) is 0 Å². The average Bonchev–Trinajstić information content (AvgIpc) is 3.37. The number of allylic oxidation sites excluding steroid dienone is 2. The Labute approximate surface area is 469 Å². The lowest BCUT2D eigenvalue weighted by molar-refractivity contribution is -0.870. The molecule has 0 bridgehead atoms. The van der Waals surface area contributed by atoms with Crippen molar-refractivity contribution in [2.24, 2.45) is 0 Å². The Kier molecular flexibility index (Phi) is 57.3. The van der Waals surface area contributed by atoms with Gasteiger partial charge in [-0.05, 0) is 38.5 Å². The number of aliphatic hydroxyl groups excluding tert-OH is 1. The smallest absolute Gasteiger partial charge is 0.268 e. The maximum atomic E-state index is 13.0. The summed E-state index contributed by atoms with van der Waals surface area (Å²) in [4.78, 5) is 25.6. The Morgan fingerprint density at radius 1 is 0.453 bits per heavy atom. The van der Waals surface area contributed by atoms with Crippen LogP contribution < -0.4 is 10.2 Å². The number of phosphoric acid groups is 1. The number of amides is 1. The minimum absolute atomic E-state index is 0.0158. The zero-order valence-corrected chi connectivity index (χ0v) is 52.2. The Bertz CT molecular complexity index is 1230. The van der Waals surface area contributed by atoms with Gasteiger partial charge in [-0.15, -0.1) is 0 Å². The molecule has 0 aliphatic heterocycles. The van der Waals surface area contributed by atoms with E-state index in [2.05, 4.69) is 31.3 Å². The summed E-state index contributed by atoms with van der Waals surface area (Å²) < 4.78 is 23.5. The van der Waals surface area contributed by atoms with Crippen LogP contribution >= 0.6 is 7.82 Å². The zero-order chi connectivity index (χ0) is 54.9. The number of unbranched alkanes of at least 4 members (excludes halogenated alkanes) is 48. The number of nitrogens with zero attached hydrogens (tertiary/aromatic N) is 1. The van der Waals surface area contributed by atoms with Gasteiger partial charge in [0.05, 0.1) is 39.9 Å². The van der Waals surface area contributed by atoms with Crippen LogP contribution in [-0.2, 0) is 18.4 Å². The van der Waals surface area contributed by atoms with Crippen molar-refractivity contribution in [3.8, 4) is 0 Å². The number of aliphatic hydroxyl groups is 1. The number of hydrogen-bond acceptors (Lipinski definition) is 6. The van der Waals surface area contributed by atoms with Gasteiger partial charge in [0.2, 0.25) is 5.91 Å². The van der Waals surface area contributed by atoms with Crippen LogP contribution in [0.4, 0.5) is 0 Å². The van der Waals surface area contributed by atoms with E-state index in [0.717, 1.165) is 38.5 Å². The van der Waals surface area contributed by atoms with E-state index in [-0.39, 0.29) is 19.1 Å². The maximum Gasteiger partial charge on any atom is 0.268 e. The van der Waals surface area contributed by atoms with E-state index in [9.17, 15) is 19.4 Å². The van der Waals surface area contributed by atoms with Gasteiger partial charge in [0.25, 0.3) is 7.82 Å². The molecule has 0 radical (unpaired) electrons. The third kappa shape index (κ3) is 60.7. The first-order valence-corrected chi connectivity index (χ1v) is 35.0. The first-order chi connectivity index (χ1) is 36.5. The van der Waals surface area contributed by atoms with Crippen molar-refractivity contribution in [2.75, 3.05) is 40.9 Å². The highest BCUT2D eigenvalue weighted by Gasteiger charge is 2.24. The molecule has 0 aliphatic rings. The molecule has 1 amide bonds. The summed E-state index contributed by atoms with van der Waals surface area (Å²) in [5.74, 6) is -0.156. The molecular weight excluding hydrogens is 948 g/mol. The lowest BCUT2D eigenvalue weighted by Gasteiger charge is -2.30. The van der Waals surface area contributed by atoms with E-state index < -0.39 is 20.0 Å². The second-order valence-corrected chi connectivity index (χ2v) is 25.9. The molecule has 0 rings (SSSR count). The second-order valence-electron chi connectivity index (χ2n) is 24.5. The second kappa shape index (κ2) is 57.9. The molecule has 448 valence electrons. The van der Waals surface area contributed by atoms with Crippen LogP contribution in [0, 0.1) is 0 Å². The topological polar surface area (TPSA) is 108 Å². The first-order valence-electron chi connectivity index (χ1n) is 33.5. The van der Waals surface area contributed by atoms with Gasteiger partial charge in [-0.25, -0.2) is 0 Å². The third-order valence-electron chi connectivity index (χ3n) is 15.8. The Morgan fingerprint density at radius 2 is 0.733 bits per heavy atom. The summed E-state index contributed by atoms with van der Waals surface area (Å²) in [6.07, 6.45) is 72.8. The summed E-state index contributed by atoms with van der Waals surface area (Å²) in [6.45, 7) is 4.79. The first kappa shape index (κ1) is 74.2. The molecule has 0 saturated heterocycles. The fourth-order valence-corrected chi connectivity index (χ4v) is 11.2. The Hall–Kier alpha value is -0.760. The van der Waals surface area contributed by atoms with Crippen LogP contribution in [0.2, 0.25) is 0 Å². The van der Waals surface area contributed by atoms with Crippen molar-refractivity contribution < 1.29 is 32.9 Å². The predicted octanol–water partition coefficient (Wildman–Crippen LogP) is 20.3. The number of nitrogens with one attached hydrogen (secondary N) is 1. The minimum Gasteiger partial charge on any atom is -0.756 e. The fraction of sp³-hybridized carbons (Fsp3) is 0.955. The van der Waals surface area contributed by atoms with E-state index in [1.165, 1.54) is 289 Å². The number of carbonyl (C=O) groups is 1. The fourth-order valence-electron chi connectivity index (χ4n) is 10.5. The molecule has 9 heteroatoms. The summed E-state index contributed by atoms with van der Waals surface area (Å²) in [6, 6.07) is -0.798. The van der Waals surface area contributed by atoms with E-state index >= 15 is 0 Å². The molecule has 0 heterocycles. The zero-order valence-electron chi connectivity index (χ0n) is 51.3. The van der Waals surface area contributed by atoms with Crippen molar-refractivity contribution in [2.45, 2.75) is 366 Å². The molecule has 2 N–H and O–H groups in total. The van der Waals surface area contributed by atoms with E-state index in [1.807, 2.05) is 21.1 Å². The molecule has 0 fully saturated rings. The summed E-state index contributed by atoms with van der Waals surface area (Å²) in [5.41, 5.74) is 0. The van der Waals surface area contributed by atoms with Crippen LogP contribution in [0.1, 0.15) is 354 Å². The number of phosphoric ester groups is 1. The maximum absolute atomic E-state index is 13.0. The van der Waals surface area contributed by atoms with E-state index in [4.69, 9.17) is 9.05 Å². The van der Waals surface area contributed by atoms with Gasteiger partial charge in [0, 0.05) is 6.42 Å². The standard InChI is InChI=1S/C66H133N2O6P/c1-6-8-10-12-14-16-18-20-22-24-26-28-30-31-32-33-34-35-36-37-38-40-42-44-46-48-50-52-54-56-58-60-66(70)67-64(63-74-75(71,72)73-62-61-68(3,4)5)65(69)59-57-55-53-51-49-47-45-43-41-39-29-27-25-23-21-19-17-15-13-11-9-7-2/h24,26,64-65,69H,6-23,25,27-63H2,1-5H3,(H-,67,70,71,72)/b26-24-. The van der Waals surface area contributed by atoms with Gasteiger partial charge in [0.15, 0.2) is 0 Å². The molecule has 0 aromatic carbocycles. The number of quaternary nitrogens is 1. The molecule has 0 saturated carbocycles. The summed E-state index contributed by atoms with van der Waals surface area (Å²) >= 11 is 0. The normalized spacial score (nSPS) is 13.7. The molecular formula is C66H133N2O6P. The van der Waals surface area contributed by atoms with Crippen LogP contribution in [0.15, 0.2) is 12.2 Å². The minimum atomic E-state index is -4.57. The predicted molar refractivity (Wildman–Crippen MR) is 326 cm³/mol. The molecule has 0 aliphatic carbocycles. The van der Waals surface area contributed by atoms with Crippen LogP contribution in [0.3, 0.4) is 0 Å². The van der Waals surface area contributed by atoms with Crippen molar-refractivity contribution >= 4 is 13.7 Å². The van der Waals surface area contributed by atoms with Crippen LogP contribution in [-0.4, -0.2) is 68.5 Å². The highest BCUT2D eigenvalue weighted by Crippen LogP contribution is 2.38. The monoisotopic (exact) mass is 1080 g/mol. The van der Waals surface area contributed by atoms with E-state index in [0.29, 0.717) is 23.9 Å². The van der Waals surface area contributed by atoms with Gasteiger partial charge in [-0.3, -0.25) is 9.36 Å². The van der Waals surface area contributed by atoms with Crippen LogP contribution in [0.25, 0.3) is 0 Å². The van der Waals surface area contributed by atoms with Crippen molar-refractivity contribution in [1.29, 1.82) is 0 Å². The molecule has 3 unspecified atom stereocenters. The number of likely N-dealkylation sites (N-methyl/N-ethyl adjacent to an activating group) is 1. The molecule has 0 aromatic rings. The quantitative estimate of drug-likeness (QED) is 0.0272. The Morgan fingerprint density at radius 3 is 1.04 bits per heavy atom. The third-order valence-corrected chi connectivity index (χ3v) is 16.7. The summed E-state index contributed by atoms with van der Waals surface area (Å²) in [7, 11) is 1.33. The average molecular weight is 1080 g/mol. The SMILES string of the molecule is CCCCCCCCCC/C=C\CCCCCCCCCCCCCCCCCCCCCC(=O)NC(COP(=O)([O-])OCC[N+](C)(C)C)C(O)CCCCCCCCCCCCCCCCCCCCCCCC. The highest BCUT2D eigenvalue weighted by atomic mass is 31.2. The van der Waals surface area contributed by atoms with Gasteiger partial charge >= 0.3 is 0 Å². The van der Waals surface area contributed by atoms with Gasteiger partial charge in [-0.2, -0.15) is 0 Å². The molecule has 0 aromatic heterocycles. The van der Waals surface area contributed by atoms with Crippen molar-refractivity contribution in [3.63, 3.8) is 0 Å². The lowest BCUT2D eigenvalue weighted by atomic mass is 10.0. The summed E-state index contributed by atoms with van der Waals surface area (Å²) in [5, 5.41) is 14.1. The Balaban J connectivity index is 4.00. The van der Waals surface area contributed by atoms with Gasteiger partial charge in [0.1, 0.15) is 13.2 Å². The molecule has 8 nitrogen and oxygen atoms in total. The highest BCUT2D eigenvalue weighted by molar-refractivity contribution is 7.45. The molecule has 3 atom stereocenters. The largest absolute Gasteiger partial charge is 0.756 e. The lowest BCUT2D eigenvalue weighted by Crippen LogP contribution is -2.46.